The zero-order chi connectivity index (χ0) is 8.15. The van der Waals surface area contributed by atoms with E-state index in [4.69, 9.17) is 0 Å². The summed E-state index contributed by atoms with van der Waals surface area (Å²) in [5.74, 6) is 1.47. The minimum atomic E-state index is 0.209. The van der Waals surface area contributed by atoms with Crippen LogP contribution in [-0.4, -0.2) is 3.23 Å². The zero-order valence-corrected chi connectivity index (χ0v) is 10.1. The van der Waals surface area contributed by atoms with Crippen LogP contribution in [0.4, 0.5) is 0 Å². The van der Waals surface area contributed by atoms with E-state index in [0.29, 0.717) is 5.41 Å². The molecular weight excluding hydrogens is 256 g/mol. The minimum absolute atomic E-state index is 0.209. The lowest BCUT2D eigenvalue weighted by Crippen LogP contribution is -2.11. The number of alkyl halides is 2. The molecule has 0 bridgehead atoms. The number of rotatable bonds is 1. The Bertz CT molecular complexity index is 151. The lowest BCUT2D eigenvalue weighted by Gasteiger charge is -2.16. The van der Waals surface area contributed by atoms with Crippen molar-refractivity contribution in [2.75, 3.05) is 0 Å². The van der Waals surface area contributed by atoms with E-state index in [2.05, 4.69) is 59.6 Å². The van der Waals surface area contributed by atoms with Crippen LogP contribution in [0.2, 0.25) is 0 Å². The molecule has 2 unspecified atom stereocenters. The first-order chi connectivity index (χ1) is 4.35. The standard InChI is InChI=1S/C8H14Br2/c1-5(2)7(4)6(3)8(7,9)10/h5-6H,1-4H3. The van der Waals surface area contributed by atoms with Gasteiger partial charge in [0.05, 0.1) is 3.23 Å². The van der Waals surface area contributed by atoms with Gasteiger partial charge in [-0.3, -0.25) is 0 Å². The van der Waals surface area contributed by atoms with Gasteiger partial charge in [0.1, 0.15) is 0 Å². The highest BCUT2D eigenvalue weighted by Crippen LogP contribution is 2.73. The molecular formula is C8H14Br2. The lowest BCUT2D eigenvalue weighted by atomic mass is 9.93. The largest absolute Gasteiger partial charge is 0.0895 e. The van der Waals surface area contributed by atoms with Crippen molar-refractivity contribution in [3.05, 3.63) is 0 Å². The first-order valence-corrected chi connectivity index (χ1v) is 5.31. The van der Waals surface area contributed by atoms with Crippen molar-refractivity contribution in [2.24, 2.45) is 17.3 Å². The quantitative estimate of drug-likeness (QED) is 0.636. The van der Waals surface area contributed by atoms with Gasteiger partial charge in [-0.25, -0.2) is 0 Å². The Hall–Kier alpha value is 0.960. The van der Waals surface area contributed by atoms with Gasteiger partial charge in [0.2, 0.25) is 0 Å². The van der Waals surface area contributed by atoms with E-state index >= 15 is 0 Å². The molecule has 0 aromatic rings. The molecule has 2 heteroatoms. The molecule has 0 aromatic carbocycles. The van der Waals surface area contributed by atoms with Crippen molar-refractivity contribution in [1.29, 1.82) is 0 Å². The summed E-state index contributed by atoms with van der Waals surface area (Å²) in [7, 11) is 0. The fraction of sp³-hybridized carbons (Fsp3) is 1.00. The molecule has 0 amide bonds. The van der Waals surface area contributed by atoms with Gasteiger partial charge >= 0.3 is 0 Å². The van der Waals surface area contributed by atoms with E-state index in [1.807, 2.05) is 0 Å². The van der Waals surface area contributed by atoms with Gasteiger partial charge in [0.15, 0.2) is 0 Å². The highest BCUT2D eigenvalue weighted by atomic mass is 79.9. The van der Waals surface area contributed by atoms with E-state index in [-0.39, 0.29) is 3.23 Å². The van der Waals surface area contributed by atoms with Crippen LogP contribution >= 0.6 is 31.9 Å². The van der Waals surface area contributed by atoms with Gasteiger partial charge in [0.25, 0.3) is 0 Å². The van der Waals surface area contributed by atoms with Crippen LogP contribution in [0.5, 0.6) is 0 Å². The predicted molar refractivity (Wildman–Crippen MR) is 52.7 cm³/mol. The molecule has 1 aliphatic rings. The monoisotopic (exact) mass is 268 g/mol. The molecule has 0 aromatic heterocycles. The Labute approximate surface area is 80.0 Å². The number of hydrogen-bond donors (Lipinski definition) is 0. The molecule has 0 saturated heterocycles. The molecule has 1 rings (SSSR count). The summed E-state index contributed by atoms with van der Waals surface area (Å²) in [5.41, 5.74) is 0.438. The first-order valence-electron chi connectivity index (χ1n) is 3.73. The van der Waals surface area contributed by atoms with E-state index in [1.165, 1.54) is 0 Å². The van der Waals surface area contributed by atoms with Crippen LogP contribution in [0.3, 0.4) is 0 Å². The average Bonchev–Trinajstić information content (AvgIpc) is 2.16. The molecule has 1 fully saturated rings. The van der Waals surface area contributed by atoms with Gasteiger partial charge in [-0.2, -0.15) is 0 Å². The SMILES string of the molecule is CC(C)C1(C)C(C)C1(Br)Br. The van der Waals surface area contributed by atoms with Gasteiger partial charge < -0.3 is 0 Å². The Kier molecular flexibility index (Phi) is 2.01. The summed E-state index contributed by atoms with van der Waals surface area (Å²) < 4.78 is 0.209. The number of halogens is 2. The fourth-order valence-electron chi connectivity index (χ4n) is 1.65. The molecule has 0 aliphatic heterocycles. The van der Waals surface area contributed by atoms with Crippen LogP contribution in [0.15, 0.2) is 0 Å². The molecule has 0 radical (unpaired) electrons. The second-order valence-corrected chi connectivity index (χ2v) is 7.35. The summed E-state index contributed by atoms with van der Waals surface area (Å²) in [6, 6.07) is 0. The van der Waals surface area contributed by atoms with Crippen LogP contribution < -0.4 is 0 Å². The minimum Gasteiger partial charge on any atom is -0.0718 e. The van der Waals surface area contributed by atoms with Gasteiger partial charge in [0, 0.05) is 0 Å². The van der Waals surface area contributed by atoms with E-state index in [1.54, 1.807) is 0 Å². The van der Waals surface area contributed by atoms with Crippen LogP contribution in [0, 0.1) is 17.3 Å². The van der Waals surface area contributed by atoms with Gasteiger partial charge in [-0.1, -0.05) is 59.6 Å². The Balaban J connectivity index is 2.78. The molecule has 1 saturated carbocycles. The highest BCUT2D eigenvalue weighted by Gasteiger charge is 2.70. The third-order valence-corrected chi connectivity index (χ3v) is 6.36. The topological polar surface area (TPSA) is 0 Å². The van der Waals surface area contributed by atoms with Crippen molar-refractivity contribution in [2.45, 2.75) is 30.9 Å². The van der Waals surface area contributed by atoms with Gasteiger partial charge in [-0.05, 0) is 17.3 Å². The third kappa shape index (κ3) is 0.842. The van der Waals surface area contributed by atoms with Crippen LogP contribution in [0.1, 0.15) is 27.7 Å². The van der Waals surface area contributed by atoms with Crippen LogP contribution in [0.25, 0.3) is 0 Å². The summed E-state index contributed by atoms with van der Waals surface area (Å²) in [6.07, 6.45) is 0. The maximum absolute atomic E-state index is 3.69. The lowest BCUT2D eigenvalue weighted by molar-refractivity contribution is 0.366. The normalized spacial score (nSPS) is 44.1. The Morgan fingerprint density at radius 2 is 1.60 bits per heavy atom. The van der Waals surface area contributed by atoms with Crippen LogP contribution in [-0.2, 0) is 0 Å². The maximum atomic E-state index is 3.69. The Morgan fingerprint density at radius 1 is 1.30 bits per heavy atom. The molecule has 0 N–H and O–H groups in total. The smallest absolute Gasteiger partial charge is 0.0718 e. The summed E-state index contributed by atoms with van der Waals surface area (Å²) in [6.45, 7) is 9.16. The summed E-state index contributed by atoms with van der Waals surface area (Å²) >= 11 is 7.38. The van der Waals surface area contributed by atoms with Crippen molar-refractivity contribution in [3.8, 4) is 0 Å². The third-order valence-electron chi connectivity index (χ3n) is 3.28. The van der Waals surface area contributed by atoms with E-state index in [0.717, 1.165) is 11.8 Å². The number of hydrogen-bond acceptors (Lipinski definition) is 0. The van der Waals surface area contributed by atoms with Gasteiger partial charge in [-0.15, -0.1) is 0 Å². The van der Waals surface area contributed by atoms with E-state index < -0.39 is 0 Å². The maximum Gasteiger partial charge on any atom is 0.0895 e. The van der Waals surface area contributed by atoms with E-state index in [9.17, 15) is 0 Å². The van der Waals surface area contributed by atoms with Crippen molar-refractivity contribution in [3.63, 3.8) is 0 Å². The molecule has 0 nitrogen and oxygen atoms in total. The molecule has 0 heterocycles. The molecule has 10 heavy (non-hydrogen) atoms. The second kappa shape index (κ2) is 2.22. The predicted octanol–water partition coefficient (Wildman–Crippen LogP) is 3.78. The first kappa shape index (κ1) is 9.05. The van der Waals surface area contributed by atoms with Crippen molar-refractivity contribution >= 4 is 31.9 Å². The summed E-state index contributed by atoms with van der Waals surface area (Å²) in [5, 5.41) is 0. The molecule has 1 aliphatic carbocycles. The summed E-state index contributed by atoms with van der Waals surface area (Å²) in [4.78, 5) is 0. The molecule has 0 spiro atoms. The van der Waals surface area contributed by atoms with Crippen molar-refractivity contribution in [1.82, 2.24) is 0 Å². The fourth-order valence-corrected chi connectivity index (χ4v) is 3.97. The highest BCUT2D eigenvalue weighted by molar-refractivity contribution is 9.25. The molecule has 60 valence electrons. The van der Waals surface area contributed by atoms with Crippen molar-refractivity contribution < 1.29 is 0 Å². The average molecular weight is 270 g/mol. The zero-order valence-electron chi connectivity index (χ0n) is 6.91. The molecule has 2 atom stereocenters. The Morgan fingerprint density at radius 3 is 1.60 bits per heavy atom. The second-order valence-electron chi connectivity index (χ2n) is 3.78.